The lowest BCUT2D eigenvalue weighted by Crippen LogP contribution is -2.54. The van der Waals surface area contributed by atoms with Gasteiger partial charge in [-0.3, -0.25) is 4.79 Å². The Morgan fingerprint density at radius 2 is 2.20 bits per heavy atom. The van der Waals surface area contributed by atoms with E-state index in [2.05, 4.69) is 10.3 Å². The summed E-state index contributed by atoms with van der Waals surface area (Å²) in [5.41, 5.74) is 0.922. The number of aromatic nitrogens is 2. The number of benzene rings is 1. The molecule has 108 valence electrons. The highest BCUT2D eigenvalue weighted by atomic mass is 16.3. The minimum atomic E-state index is -1.11. The summed E-state index contributed by atoms with van der Waals surface area (Å²) in [6.07, 6.45) is 0.563. The van der Waals surface area contributed by atoms with Gasteiger partial charge in [-0.15, -0.1) is 0 Å². The first kappa shape index (κ1) is 14.5. The fraction of sp³-hybridized carbons (Fsp3) is 0.429. The van der Waals surface area contributed by atoms with E-state index in [4.69, 9.17) is 0 Å². The van der Waals surface area contributed by atoms with E-state index in [0.717, 1.165) is 11.0 Å². The van der Waals surface area contributed by atoms with E-state index in [1.54, 1.807) is 13.3 Å². The number of carbonyl (C=O) groups excluding carboxylic acids is 1. The predicted octanol–water partition coefficient (Wildman–Crippen LogP) is 0.284. The smallest absolute Gasteiger partial charge is 0.249 e. The zero-order valence-electron chi connectivity index (χ0n) is 11.6. The molecule has 0 bridgehead atoms. The average molecular weight is 277 g/mol. The highest BCUT2D eigenvalue weighted by molar-refractivity contribution is 5.81. The molecule has 1 aromatic carbocycles. The van der Waals surface area contributed by atoms with E-state index < -0.39 is 17.6 Å². The summed E-state index contributed by atoms with van der Waals surface area (Å²) in [5, 5.41) is 21.5. The van der Waals surface area contributed by atoms with Crippen LogP contribution >= 0.6 is 0 Å². The maximum Gasteiger partial charge on any atom is 0.249 e. The van der Waals surface area contributed by atoms with E-state index in [1.165, 1.54) is 6.92 Å². The summed E-state index contributed by atoms with van der Waals surface area (Å²) in [4.78, 5) is 15.9. The number of nitrogens with zero attached hydrogens (tertiary/aromatic N) is 2. The first-order chi connectivity index (χ1) is 9.45. The van der Waals surface area contributed by atoms with E-state index in [0.29, 0.717) is 6.54 Å². The topological polar surface area (TPSA) is 87.4 Å². The van der Waals surface area contributed by atoms with Gasteiger partial charge in [-0.1, -0.05) is 12.1 Å². The molecule has 2 rings (SSSR count). The van der Waals surface area contributed by atoms with Gasteiger partial charge in [0.15, 0.2) is 0 Å². The summed E-state index contributed by atoms with van der Waals surface area (Å²) >= 11 is 0. The Morgan fingerprint density at radius 3 is 2.85 bits per heavy atom. The second-order valence-corrected chi connectivity index (χ2v) is 5.25. The zero-order chi connectivity index (χ0) is 14.8. The van der Waals surface area contributed by atoms with Crippen LogP contribution in [0.2, 0.25) is 0 Å². The molecule has 20 heavy (non-hydrogen) atoms. The Labute approximate surface area is 117 Å². The number of rotatable bonds is 5. The SMILES string of the molecule is CC(O)C(=O)NC(C)(CO)Cn1cnc2ccccc21. The molecular formula is C14H19N3O3. The molecule has 0 radical (unpaired) electrons. The Hall–Kier alpha value is -1.92. The largest absolute Gasteiger partial charge is 0.394 e. The maximum absolute atomic E-state index is 11.6. The number of hydrogen-bond donors (Lipinski definition) is 3. The Kier molecular flexibility index (Phi) is 4.06. The van der Waals surface area contributed by atoms with Crippen LogP contribution in [0.3, 0.4) is 0 Å². The second-order valence-electron chi connectivity index (χ2n) is 5.25. The fourth-order valence-corrected chi connectivity index (χ4v) is 2.04. The molecule has 0 aliphatic carbocycles. The van der Waals surface area contributed by atoms with Crippen molar-refractivity contribution in [3.05, 3.63) is 30.6 Å². The normalized spacial score (nSPS) is 15.8. The van der Waals surface area contributed by atoms with Crippen LogP contribution in [0.5, 0.6) is 0 Å². The molecule has 3 N–H and O–H groups in total. The van der Waals surface area contributed by atoms with Gasteiger partial charge in [0, 0.05) is 6.54 Å². The van der Waals surface area contributed by atoms with E-state index in [9.17, 15) is 15.0 Å². The number of imidazole rings is 1. The quantitative estimate of drug-likeness (QED) is 0.733. The van der Waals surface area contributed by atoms with Crippen LogP contribution < -0.4 is 5.32 Å². The number of aliphatic hydroxyl groups is 2. The summed E-state index contributed by atoms with van der Waals surface area (Å²) in [6.45, 7) is 3.24. The molecule has 1 heterocycles. The maximum atomic E-state index is 11.6. The van der Waals surface area contributed by atoms with Gasteiger partial charge in [0.05, 0.1) is 29.5 Å². The second kappa shape index (κ2) is 5.60. The molecule has 2 unspecified atom stereocenters. The van der Waals surface area contributed by atoms with Gasteiger partial charge in [-0.2, -0.15) is 0 Å². The minimum absolute atomic E-state index is 0.238. The van der Waals surface area contributed by atoms with Gasteiger partial charge in [-0.25, -0.2) is 4.98 Å². The van der Waals surface area contributed by atoms with Crippen molar-refractivity contribution in [1.82, 2.24) is 14.9 Å². The number of carbonyl (C=O) groups is 1. The molecule has 0 fully saturated rings. The highest BCUT2D eigenvalue weighted by Crippen LogP contribution is 2.16. The lowest BCUT2D eigenvalue weighted by Gasteiger charge is -2.30. The first-order valence-corrected chi connectivity index (χ1v) is 6.46. The molecule has 0 saturated carbocycles. The van der Waals surface area contributed by atoms with Crippen LogP contribution in [0.1, 0.15) is 13.8 Å². The van der Waals surface area contributed by atoms with E-state index in [-0.39, 0.29) is 6.61 Å². The van der Waals surface area contributed by atoms with Gasteiger partial charge >= 0.3 is 0 Å². The molecule has 2 aromatic rings. The molecule has 1 aromatic heterocycles. The Bertz CT molecular complexity index is 608. The highest BCUT2D eigenvalue weighted by Gasteiger charge is 2.28. The molecule has 0 aliphatic rings. The number of nitrogens with one attached hydrogen (secondary N) is 1. The number of para-hydroxylation sites is 2. The van der Waals surface area contributed by atoms with Crippen molar-refractivity contribution in [2.45, 2.75) is 32.0 Å². The van der Waals surface area contributed by atoms with Gasteiger partial charge in [0.2, 0.25) is 5.91 Å². The Morgan fingerprint density at radius 1 is 1.50 bits per heavy atom. The zero-order valence-corrected chi connectivity index (χ0v) is 11.6. The number of amides is 1. The monoisotopic (exact) mass is 277 g/mol. The summed E-state index contributed by atoms with van der Waals surface area (Å²) in [6, 6.07) is 7.64. The van der Waals surface area contributed by atoms with Crippen LogP contribution in [-0.4, -0.2) is 43.9 Å². The van der Waals surface area contributed by atoms with Crippen LogP contribution in [0.15, 0.2) is 30.6 Å². The molecule has 0 spiro atoms. The van der Waals surface area contributed by atoms with Gasteiger partial charge in [-0.05, 0) is 26.0 Å². The van der Waals surface area contributed by atoms with Crippen LogP contribution in [0.25, 0.3) is 11.0 Å². The Balaban J connectivity index is 2.23. The van der Waals surface area contributed by atoms with Crippen molar-refractivity contribution >= 4 is 16.9 Å². The molecule has 1 amide bonds. The van der Waals surface area contributed by atoms with Crippen molar-refractivity contribution in [3.63, 3.8) is 0 Å². The first-order valence-electron chi connectivity index (χ1n) is 6.46. The molecule has 6 nitrogen and oxygen atoms in total. The van der Waals surface area contributed by atoms with Crippen LogP contribution in [0.4, 0.5) is 0 Å². The lowest BCUT2D eigenvalue weighted by atomic mass is 10.0. The summed E-state index contributed by atoms with van der Waals surface area (Å²) in [7, 11) is 0. The standard InChI is InChI=1S/C14H19N3O3/c1-10(19)13(20)16-14(2,8-18)7-17-9-15-11-5-3-4-6-12(11)17/h3-6,9-10,18-19H,7-8H2,1-2H3,(H,16,20). The molecule has 6 heteroatoms. The minimum Gasteiger partial charge on any atom is -0.394 e. The van der Waals surface area contributed by atoms with Gasteiger partial charge < -0.3 is 20.1 Å². The van der Waals surface area contributed by atoms with E-state index in [1.807, 2.05) is 28.8 Å². The van der Waals surface area contributed by atoms with Crippen LogP contribution in [-0.2, 0) is 11.3 Å². The number of hydrogen-bond acceptors (Lipinski definition) is 4. The number of aliphatic hydroxyl groups excluding tert-OH is 2. The average Bonchev–Trinajstić information content (AvgIpc) is 2.82. The molecule has 2 atom stereocenters. The summed E-state index contributed by atoms with van der Waals surface area (Å²) in [5.74, 6) is -0.508. The summed E-state index contributed by atoms with van der Waals surface area (Å²) < 4.78 is 1.87. The van der Waals surface area contributed by atoms with Crippen molar-refractivity contribution in [1.29, 1.82) is 0 Å². The van der Waals surface area contributed by atoms with Crippen molar-refractivity contribution in [2.24, 2.45) is 0 Å². The third-order valence-electron chi connectivity index (χ3n) is 3.20. The third-order valence-corrected chi connectivity index (χ3v) is 3.20. The van der Waals surface area contributed by atoms with Crippen molar-refractivity contribution in [2.75, 3.05) is 6.61 Å². The van der Waals surface area contributed by atoms with Gasteiger partial charge in [0.1, 0.15) is 6.10 Å². The predicted molar refractivity (Wildman–Crippen MR) is 75.0 cm³/mol. The van der Waals surface area contributed by atoms with Crippen molar-refractivity contribution in [3.8, 4) is 0 Å². The van der Waals surface area contributed by atoms with Crippen molar-refractivity contribution < 1.29 is 15.0 Å². The third kappa shape index (κ3) is 2.97. The van der Waals surface area contributed by atoms with Gasteiger partial charge in [0.25, 0.3) is 0 Å². The fourth-order valence-electron chi connectivity index (χ4n) is 2.04. The molecular weight excluding hydrogens is 258 g/mol. The van der Waals surface area contributed by atoms with E-state index >= 15 is 0 Å². The lowest BCUT2D eigenvalue weighted by molar-refractivity contribution is -0.131. The number of fused-ring (bicyclic) bond motifs is 1. The van der Waals surface area contributed by atoms with Crippen LogP contribution in [0, 0.1) is 0 Å². The molecule has 0 saturated heterocycles. The molecule has 0 aliphatic heterocycles.